The number of halogens is 1. The lowest BCUT2D eigenvalue weighted by Crippen LogP contribution is -2.43. The van der Waals surface area contributed by atoms with Crippen molar-refractivity contribution in [1.29, 1.82) is 0 Å². The molecule has 0 unspecified atom stereocenters. The Kier molecular flexibility index (Phi) is 5.28. The lowest BCUT2D eigenvalue weighted by molar-refractivity contribution is -0.0599. The summed E-state index contributed by atoms with van der Waals surface area (Å²) >= 11 is 0. The lowest BCUT2D eigenvalue weighted by atomic mass is 10.0. The van der Waals surface area contributed by atoms with E-state index in [9.17, 15) is 9.18 Å². The average molecular weight is 320 g/mol. The van der Waals surface area contributed by atoms with Gasteiger partial charge in [0.05, 0.1) is 12.2 Å². The first-order chi connectivity index (χ1) is 11.1. The molecule has 3 rings (SSSR count). The third kappa shape index (κ3) is 4.30. The maximum Gasteiger partial charge on any atom is 0.253 e. The molecule has 23 heavy (non-hydrogen) atoms. The van der Waals surface area contributed by atoms with Crippen LogP contribution in [0, 0.1) is 5.82 Å². The van der Waals surface area contributed by atoms with Gasteiger partial charge in [-0.05, 0) is 57.0 Å². The third-order valence-electron chi connectivity index (χ3n) is 4.87. The molecule has 0 radical (unpaired) electrons. The quantitative estimate of drug-likeness (QED) is 0.858. The maximum atomic E-state index is 12.9. The van der Waals surface area contributed by atoms with Crippen LogP contribution < -0.4 is 0 Å². The van der Waals surface area contributed by atoms with Crippen LogP contribution in [0.15, 0.2) is 24.3 Å². The molecule has 2 fully saturated rings. The Morgan fingerprint density at radius 3 is 2.09 bits per heavy atom. The van der Waals surface area contributed by atoms with Crippen molar-refractivity contribution in [3.05, 3.63) is 35.6 Å². The number of rotatable bonds is 3. The second kappa shape index (κ2) is 7.41. The van der Waals surface area contributed by atoms with Crippen molar-refractivity contribution in [2.45, 2.75) is 37.9 Å². The van der Waals surface area contributed by atoms with Gasteiger partial charge in [0.15, 0.2) is 0 Å². The number of piperidine rings is 2. The van der Waals surface area contributed by atoms with Crippen LogP contribution >= 0.6 is 0 Å². The fourth-order valence-corrected chi connectivity index (χ4v) is 3.36. The molecule has 0 spiro atoms. The largest absolute Gasteiger partial charge is 0.375 e. The first kappa shape index (κ1) is 16.4. The summed E-state index contributed by atoms with van der Waals surface area (Å²) in [7, 11) is 2.15. The summed E-state index contributed by atoms with van der Waals surface area (Å²) in [6, 6.07) is 5.78. The van der Waals surface area contributed by atoms with Gasteiger partial charge >= 0.3 is 0 Å². The van der Waals surface area contributed by atoms with Crippen molar-refractivity contribution >= 4 is 5.91 Å². The Morgan fingerprint density at radius 1 is 1.00 bits per heavy atom. The minimum atomic E-state index is -0.313. The summed E-state index contributed by atoms with van der Waals surface area (Å²) in [5.74, 6) is -0.325. The van der Waals surface area contributed by atoms with Crippen molar-refractivity contribution in [3.8, 4) is 0 Å². The highest BCUT2D eigenvalue weighted by Crippen LogP contribution is 2.21. The van der Waals surface area contributed by atoms with Crippen LogP contribution in [0.5, 0.6) is 0 Å². The van der Waals surface area contributed by atoms with E-state index < -0.39 is 0 Å². The molecule has 0 bridgehead atoms. The van der Waals surface area contributed by atoms with E-state index in [0.717, 1.165) is 38.8 Å². The summed E-state index contributed by atoms with van der Waals surface area (Å²) in [5, 5.41) is 0. The van der Waals surface area contributed by atoms with Crippen LogP contribution in [-0.2, 0) is 4.74 Å². The van der Waals surface area contributed by atoms with Gasteiger partial charge in [-0.3, -0.25) is 4.79 Å². The molecule has 0 aromatic heterocycles. The van der Waals surface area contributed by atoms with E-state index in [4.69, 9.17) is 4.74 Å². The minimum absolute atomic E-state index is 0.0114. The molecule has 1 amide bonds. The number of ether oxygens (including phenoxy) is 1. The monoisotopic (exact) mass is 320 g/mol. The van der Waals surface area contributed by atoms with Gasteiger partial charge in [0.2, 0.25) is 0 Å². The Bertz CT molecular complexity index is 518. The average Bonchev–Trinajstić information content (AvgIpc) is 2.58. The van der Waals surface area contributed by atoms with Crippen LogP contribution in [0.1, 0.15) is 36.0 Å². The van der Waals surface area contributed by atoms with E-state index in [1.807, 2.05) is 4.90 Å². The molecule has 0 atom stereocenters. The van der Waals surface area contributed by atoms with Gasteiger partial charge in [-0.2, -0.15) is 0 Å². The molecule has 2 aliphatic rings. The number of carbonyl (C=O) groups is 1. The van der Waals surface area contributed by atoms with Crippen LogP contribution in [0.3, 0.4) is 0 Å². The number of benzene rings is 1. The zero-order valence-corrected chi connectivity index (χ0v) is 13.7. The van der Waals surface area contributed by atoms with Gasteiger partial charge in [-0.15, -0.1) is 0 Å². The summed E-state index contributed by atoms with van der Waals surface area (Å²) in [5.41, 5.74) is 0.557. The molecule has 0 saturated carbocycles. The highest BCUT2D eigenvalue weighted by Gasteiger charge is 2.27. The molecule has 5 heteroatoms. The smallest absolute Gasteiger partial charge is 0.253 e. The molecule has 2 saturated heterocycles. The number of likely N-dealkylation sites (tertiary alicyclic amines) is 2. The molecule has 4 nitrogen and oxygen atoms in total. The Labute approximate surface area is 137 Å². The first-order valence-corrected chi connectivity index (χ1v) is 8.50. The van der Waals surface area contributed by atoms with Gasteiger partial charge in [0, 0.05) is 31.7 Å². The van der Waals surface area contributed by atoms with E-state index in [1.54, 1.807) is 12.1 Å². The third-order valence-corrected chi connectivity index (χ3v) is 4.87. The van der Waals surface area contributed by atoms with E-state index >= 15 is 0 Å². The molecular weight excluding hydrogens is 295 g/mol. The molecule has 2 heterocycles. The minimum Gasteiger partial charge on any atom is -0.375 e. The van der Waals surface area contributed by atoms with Gasteiger partial charge < -0.3 is 14.5 Å². The Hall–Kier alpha value is -1.46. The molecule has 0 aliphatic carbocycles. The standard InChI is InChI=1S/C18H25FN2O2/c1-20-10-6-16(7-11-20)23-17-8-12-21(13-9-17)18(22)14-2-4-15(19)5-3-14/h2-5,16-17H,6-13H2,1H3. The second-order valence-corrected chi connectivity index (χ2v) is 6.64. The highest BCUT2D eigenvalue weighted by atomic mass is 19.1. The van der Waals surface area contributed by atoms with E-state index in [0.29, 0.717) is 24.8 Å². The molecule has 126 valence electrons. The van der Waals surface area contributed by atoms with Crippen molar-refractivity contribution in [1.82, 2.24) is 9.80 Å². The normalized spacial score (nSPS) is 21.6. The van der Waals surface area contributed by atoms with Crippen LogP contribution in [-0.4, -0.2) is 61.1 Å². The first-order valence-electron chi connectivity index (χ1n) is 8.50. The number of amides is 1. The summed E-state index contributed by atoms with van der Waals surface area (Å²) in [4.78, 5) is 16.6. The lowest BCUT2D eigenvalue weighted by Gasteiger charge is -2.36. The van der Waals surface area contributed by atoms with E-state index in [-0.39, 0.29) is 17.8 Å². The molecule has 1 aromatic rings. The highest BCUT2D eigenvalue weighted by molar-refractivity contribution is 5.94. The van der Waals surface area contributed by atoms with E-state index in [2.05, 4.69) is 11.9 Å². The number of nitrogens with zero attached hydrogens (tertiary/aromatic N) is 2. The zero-order valence-electron chi connectivity index (χ0n) is 13.7. The fourth-order valence-electron chi connectivity index (χ4n) is 3.36. The number of hydrogen-bond donors (Lipinski definition) is 0. The fraction of sp³-hybridized carbons (Fsp3) is 0.611. The van der Waals surface area contributed by atoms with Gasteiger partial charge in [0.25, 0.3) is 5.91 Å². The predicted octanol–water partition coefficient (Wildman–Crippen LogP) is 2.54. The number of hydrogen-bond acceptors (Lipinski definition) is 3. The number of carbonyl (C=O) groups excluding carboxylic acids is 1. The SMILES string of the molecule is CN1CCC(OC2CCN(C(=O)c3ccc(F)cc3)CC2)CC1. The summed E-state index contributed by atoms with van der Waals surface area (Å²) < 4.78 is 19.2. The second-order valence-electron chi connectivity index (χ2n) is 6.64. The van der Waals surface area contributed by atoms with Crippen LogP contribution in [0.4, 0.5) is 4.39 Å². The maximum absolute atomic E-state index is 12.9. The summed E-state index contributed by atoms with van der Waals surface area (Å²) in [6.45, 7) is 3.64. The topological polar surface area (TPSA) is 32.8 Å². The van der Waals surface area contributed by atoms with Crippen molar-refractivity contribution in [2.75, 3.05) is 33.2 Å². The van der Waals surface area contributed by atoms with Crippen LogP contribution in [0.2, 0.25) is 0 Å². The van der Waals surface area contributed by atoms with Crippen molar-refractivity contribution < 1.29 is 13.9 Å². The van der Waals surface area contributed by atoms with Crippen molar-refractivity contribution in [3.63, 3.8) is 0 Å². The van der Waals surface area contributed by atoms with Gasteiger partial charge in [-0.1, -0.05) is 0 Å². The van der Waals surface area contributed by atoms with Crippen LogP contribution in [0.25, 0.3) is 0 Å². The Morgan fingerprint density at radius 2 is 1.52 bits per heavy atom. The molecule has 1 aromatic carbocycles. The van der Waals surface area contributed by atoms with Gasteiger partial charge in [0.1, 0.15) is 5.82 Å². The zero-order chi connectivity index (χ0) is 16.2. The molecule has 2 aliphatic heterocycles. The van der Waals surface area contributed by atoms with Gasteiger partial charge in [-0.25, -0.2) is 4.39 Å². The van der Waals surface area contributed by atoms with E-state index in [1.165, 1.54) is 12.1 Å². The predicted molar refractivity (Wildman–Crippen MR) is 86.9 cm³/mol. The summed E-state index contributed by atoms with van der Waals surface area (Å²) in [6.07, 6.45) is 4.62. The molecule has 0 N–H and O–H groups in total. The molecular formula is C18H25FN2O2. The van der Waals surface area contributed by atoms with Crippen molar-refractivity contribution in [2.24, 2.45) is 0 Å². The Balaban J connectivity index is 1.46.